The van der Waals surface area contributed by atoms with Crippen molar-refractivity contribution < 1.29 is 9.90 Å². The van der Waals surface area contributed by atoms with Gasteiger partial charge in [0, 0.05) is 11.0 Å². The molecule has 1 saturated carbocycles. The maximum absolute atomic E-state index is 11.7. The molecular weight excluding hydrogens is 332 g/mol. The minimum absolute atomic E-state index is 0.361. The van der Waals surface area contributed by atoms with Crippen LogP contribution in [0.5, 0.6) is 0 Å². The summed E-state index contributed by atoms with van der Waals surface area (Å²) in [6, 6.07) is 7.48. The summed E-state index contributed by atoms with van der Waals surface area (Å²) in [5.41, 5.74) is 0.496. The van der Waals surface area contributed by atoms with Crippen LogP contribution in [0.15, 0.2) is 22.7 Å². The van der Waals surface area contributed by atoms with E-state index in [0.717, 1.165) is 17.3 Å². The highest BCUT2D eigenvalue weighted by Gasteiger charge is 2.41. The molecule has 1 aromatic rings. The molecule has 0 spiro atoms. The van der Waals surface area contributed by atoms with Crippen LogP contribution in [0.4, 0.5) is 5.69 Å². The molecule has 112 valence electrons. The number of nitriles is 1. The number of hydrogen-bond acceptors (Lipinski definition) is 3. The van der Waals surface area contributed by atoms with Gasteiger partial charge in [0.1, 0.15) is 6.07 Å². The average Bonchev–Trinajstić information content (AvgIpc) is 2.47. The molecule has 4 nitrogen and oxygen atoms in total. The number of anilines is 1. The van der Waals surface area contributed by atoms with Gasteiger partial charge in [0.05, 0.1) is 16.7 Å². The maximum Gasteiger partial charge on any atom is 0.311 e. The molecule has 0 aromatic heterocycles. The summed E-state index contributed by atoms with van der Waals surface area (Å²) in [6.45, 7) is 2.53. The second-order valence-corrected chi connectivity index (χ2v) is 6.84. The number of carbonyl (C=O) groups is 1. The summed E-state index contributed by atoms with van der Waals surface area (Å²) in [6.07, 6.45) is 3.26. The number of rotatable bonds is 4. The lowest BCUT2D eigenvalue weighted by Crippen LogP contribution is -2.41. The molecule has 1 aliphatic carbocycles. The van der Waals surface area contributed by atoms with E-state index >= 15 is 0 Å². The van der Waals surface area contributed by atoms with Crippen LogP contribution in [0.3, 0.4) is 0 Å². The summed E-state index contributed by atoms with van der Waals surface area (Å²) >= 11 is 3.38. The maximum atomic E-state index is 11.7. The van der Waals surface area contributed by atoms with Crippen LogP contribution in [-0.4, -0.2) is 17.6 Å². The quantitative estimate of drug-likeness (QED) is 0.860. The number of hydrogen-bond donors (Lipinski definition) is 2. The van der Waals surface area contributed by atoms with Gasteiger partial charge in [-0.3, -0.25) is 4.79 Å². The SMILES string of the molecule is CC1CCC(CNc2cc(Br)ccc2C#N)(C(=O)O)CC1. The van der Waals surface area contributed by atoms with Crippen LogP contribution < -0.4 is 5.32 Å². The average molecular weight is 351 g/mol. The predicted molar refractivity (Wildman–Crippen MR) is 85.0 cm³/mol. The first-order valence-corrected chi connectivity index (χ1v) is 7.93. The molecule has 0 radical (unpaired) electrons. The van der Waals surface area contributed by atoms with Crippen molar-refractivity contribution in [1.29, 1.82) is 5.26 Å². The highest BCUT2D eigenvalue weighted by Crippen LogP contribution is 2.39. The fourth-order valence-corrected chi connectivity index (χ4v) is 3.17. The standard InChI is InChI=1S/C16H19BrN2O2/c1-11-4-6-16(7-5-11,15(20)21)10-19-14-8-13(17)3-2-12(14)9-18/h2-3,8,11,19H,4-7,10H2,1H3,(H,20,21). The van der Waals surface area contributed by atoms with Gasteiger partial charge >= 0.3 is 5.97 Å². The van der Waals surface area contributed by atoms with Crippen molar-refractivity contribution >= 4 is 27.6 Å². The van der Waals surface area contributed by atoms with Crippen molar-refractivity contribution in [2.45, 2.75) is 32.6 Å². The third kappa shape index (κ3) is 3.56. The van der Waals surface area contributed by atoms with Crippen molar-refractivity contribution in [1.82, 2.24) is 0 Å². The molecule has 1 aromatic carbocycles. The van der Waals surface area contributed by atoms with Crippen molar-refractivity contribution in [3.05, 3.63) is 28.2 Å². The van der Waals surface area contributed by atoms with Crippen molar-refractivity contribution in [2.75, 3.05) is 11.9 Å². The molecule has 2 rings (SSSR count). The summed E-state index contributed by atoms with van der Waals surface area (Å²) in [7, 11) is 0. The molecule has 0 heterocycles. The van der Waals surface area contributed by atoms with E-state index in [1.807, 2.05) is 6.07 Å². The second-order valence-electron chi connectivity index (χ2n) is 5.92. The molecule has 1 fully saturated rings. The van der Waals surface area contributed by atoms with Crippen LogP contribution in [0, 0.1) is 22.7 Å². The van der Waals surface area contributed by atoms with Crippen molar-refractivity contribution in [2.24, 2.45) is 11.3 Å². The van der Waals surface area contributed by atoms with E-state index < -0.39 is 11.4 Å². The Hall–Kier alpha value is -1.54. The molecule has 21 heavy (non-hydrogen) atoms. The van der Waals surface area contributed by atoms with Crippen LogP contribution in [0.1, 0.15) is 38.2 Å². The number of carboxylic acid groups (broad SMARTS) is 1. The number of nitrogens with zero attached hydrogens (tertiary/aromatic N) is 1. The fourth-order valence-electron chi connectivity index (χ4n) is 2.81. The van der Waals surface area contributed by atoms with Crippen LogP contribution in [0.25, 0.3) is 0 Å². The van der Waals surface area contributed by atoms with Gasteiger partial charge in [-0.2, -0.15) is 5.26 Å². The lowest BCUT2D eigenvalue weighted by molar-refractivity contribution is -0.150. The van der Waals surface area contributed by atoms with Gasteiger partial charge in [-0.25, -0.2) is 0 Å². The van der Waals surface area contributed by atoms with Gasteiger partial charge in [0.25, 0.3) is 0 Å². The van der Waals surface area contributed by atoms with Crippen LogP contribution in [0.2, 0.25) is 0 Å². The molecule has 0 saturated heterocycles. The Bertz CT molecular complexity index is 572. The molecule has 0 amide bonds. The number of aliphatic carboxylic acids is 1. The highest BCUT2D eigenvalue weighted by atomic mass is 79.9. The Kier molecular flexibility index (Phi) is 4.89. The molecule has 0 aliphatic heterocycles. The van der Waals surface area contributed by atoms with Crippen molar-refractivity contribution in [3.8, 4) is 6.07 Å². The van der Waals surface area contributed by atoms with Crippen LogP contribution >= 0.6 is 15.9 Å². The zero-order chi connectivity index (χ0) is 15.5. The predicted octanol–water partition coefficient (Wildman–Crippen LogP) is 4.01. The number of nitrogens with one attached hydrogen (secondary N) is 1. The van der Waals surface area contributed by atoms with E-state index in [2.05, 4.69) is 34.2 Å². The van der Waals surface area contributed by atoms with Gasteiger partial charge < -0.3 is 10.4 Å². The van der Waals surface area contributed by atoms with E-state index in [1.54, 1.807) is 12.1 Å². The lowest BCUT2D eigenvalue weighted by atomic mass is 9.70. The summed E-state index contributed by atoms with van der Waals surface area (Å²) in [4.78, 5) is 11.7. The zero-order valence-corrected chi connectivity index (χ0v) is 13.6. The lowest BCUT2D eigenvalue weighted by Gasteiger charge is -2.36. The minimum Gasteiger partial charge on any atom is -0.481 e. The monoisotopic (exact) mass is 350 g/mol. The normalized spacial score (nSPS) is 25.1. The summed E-state index contributed by atoms with van der Waals surface area (Å²) in [5, 5.41) is 21.9. The van der Waals surface area contributed by atoms with E-state index in [9.17, 15) is 9.90 Å². The molecule has 2 N–H and O–H groups in total. The van der Waals surface area contributed by atoms with Gasteiger partial charge in [0.2, 0.25) is 0 Å². The number of benzene rings is 1. The van der Waals surface area contributed by atoms with E-state index in [1.165, 1.54) is 0 Å². The highest BCUT2D eigenvalue weighted by molar-refractivity contribution is 9.10. The Morgan fingerprint density at radius 1 is 1.52 bits per heavy atom. The van der Waals surface area contributed by atoms with E-state index in [0.29, 0.717) is 36.6 Å². The molecular formula is C16H19BrN2O2. The smallest absolute Gasteiger partial charge is 0.311 e. The second kappa shape index (κ2) is 6.48. The Balaban J connectivity index is 2.15. The first-order chi connectivity index (χ1) is 9.97. The largest absolute Gasteiger partial charge is 0.481 e. The van der Waals surface area contributed by atoms with E-state index in [4.69, 9.17) is 5.26 Å². The number of carboxylic acids is 1. The van der Waals surface area contributed by atoms with Gasteiger partial charge in [-0.05, 0) is 49.8 Å². The minimum atomic E-state index is -0.740. The molecule has 0 atom stereocenters. The summed E-state index contributed by atoms with van der Waals surface area (Å²) in [5.74, 6) is -0.145. The van der Waals surface area contributed by atoms with E-state index in [-0.39, 0.29) is 0 Å². The molecule has 0 bridgehead atoms. The zero-order valence-electron chi connectivity index (χ0n) is 12.0. The fraction of sp³-hybridized carbons (Fsp3) is 0.500. The first kappa shape index (κ1) is 15.8. The van der Waals surface area contributed by atoms with Gasteiger partial charge in [0.15, 0.2) is 0 Å². The Morgan fingerprint density at radius 2 is 2.19 bits per heavy atom. The topological polar surface area (TPSA) is 73.1 Å². The van der Waals surface area contributed by atoms with Gasteiger partial charge in [-0.1, -0.05) is 22.9 Å². The summed E-state index contributed by atoms with van der Waals surface area (Å²) < 4.78 is 0.866. The molecule has 0 unspecified atom stereocenters. The first-order valence-electron chi connectivity index (χ1n) is 7.14. The Morgan fingerprint density at radius 3 is 2.76 bits per heavy atom. The third-order valence-corrected chi connectivity index (χ3v) is 4.90. The van der Waals surface area contributed by atoms with Crippen molar-refractivity contribution in [3.63, 3.8) is 0 Å². The Labute approximate surface area is 133 Å². The number of halogens is 1. The van der Waals surface area contributed by atoms with Crippen LogP contribution in [-0.2, 0) is 4.79 Å². The van der Waals surface area contributed by atoms with Gasteiger partial charge in [-0.15, -0.1) is 0 Å². The molecule has 1 aliphatic rings. The third-order valence-electron chi connectivity index (χ3n) is 4.40. The molecule has 5 heteroatoms.